The van der Waals surface area contributed by atoms with Crippen LogP contribution in [-0.4, -0.2) is 35.3 Å². The van der Waals surface area contributed by atoms with E-state index in [1.54, 1.807) is 25.7 Å². The molecule has 0 aliphatic rings. The van der Waals surface area contributed by atoms with Gasteiger partial charge in [0.2, 0.25) is 0 Å². The van der Waals surface area contributed by atoms with Gasteiger partial charge in [0.25, 0.3) is 0 Å². The highest BCUT2D eigenvalue weighted by molar-refractivity contribution is 8.00. The molecule has 0 saturated carbocycles. The van der Waals surface area contributed by atoms with Gasteiger partial charge in [-0.3, -0.25) is 0 Å². The Morgan fingerprint density at radius 3 is 2.50 bits per heavy atom. The van der Waals surface area contributed by atoms with Gasteiger partial charge in [-0.2, -0.15) is 17.0 Å². The molecule has 0 radical (unpaired) electrons. The number of nitriles is 1. The number of rotatable bonds is 5. The molecule has 4 heteroatoms. The molecule has 3 atom stereocenters. The first-order valence-corrected chi connectivity index (χ1v) is 5.03. The van der Waals surface area contributed by atoms with Gasteiger partial charge >= 0.3 is 0 Å². The van der Waals surface area contributed by atoms with Crippen molar-refractivity contribution in [3.63, 3.8) is 0 Å². The van der Waals surface area contributed by atoms with Crippen molar-refractivity contribution in [1.82, 2.24) is 5.32 Å². The summed E-state index contributed by atoms with van der Waals surface area (Å²) in [4.78, 5) is 0. The number of hydrogen-bond acceptors (Lipinski definition) is 4. The third kappa shape index (κ3) is 4.60. The number of hydrogen-bond donors (Lipinski definition) is 2. The highest BCUT2D eigenvalue weighted by atomic mass is 32.2. The molecular formula is C8H16N2OS. The van der Waals surface area contributed by atoms with E-state index in [0.717, 1.165) is 5.75 Å². The Morgan fingerprint density at radius 2 is 2.17 bits per heavy atom. The Morgan fingerprint density at radius 1 is 1.58 bits per heavy atom. The van der Waals surface area contributed by atoms with Gasteiger partial charge in [-0.15, -0.1) is 0 Å². The molecule has 0 amide bonds. The number of thioether (sulfide) groups is 1. The van der Waals surface area contributed by atoms with Gasteiger partial charge in [0.1, 0.15) is 6.04 Å². The lowest BCUT2D eigenvalue weighted by Gasteiger charge is -2.15. The first-order valence-electron chi connectivity index (χ1n) is 3.98. The molecule has 0 aromatic carbocycles. The van der Waals surface area contributed by atoms with Crippen LogP contribution in [0.25, 0.3) is 0 Å². The van der Waals surface area contributed by atoms with Crippen LogP contribution in [0.1, 0.15) is 13.8 Å². The lowest BCUT2D eigenvalue weighted by Crippen LogP contribution is -2.28. The minimum atomic E-state index is -0.314. The Bertz CT molecular complexity index is 156. The van der Waals surface area contributed by atoms with E-state index in [1.807, 2.05) is 6.92 Å². The van der Waals surface area contributed by atoms with Crippen LogP contribution in [0, 0.1) is 11.3 Å². The molecule has 0 spiro atoms. The van der Waals surface area contributed by atoms with E-state index in [-0.39, 0.29) is 17.4 Å². The van der Waals surface area contributed by atoms with Crippen LogP contribution >= 0.6 is 11.8 Å². The lowest BCUT2D eigenvalue weighted by atomic mass is 10.3. The van der Waals surface area contributed by atoms with Gasteiger partial charge in [-0.05, 0) is 14.0 Å². The second kappa shape index (κ2) is 6.30. The van der Waals surface area contributed by atoms with Gasteiger partial charge in [-0.25, -0.2) is 0 Å². The molecule has 0 aliphatic carbocycles. The standard InChI is InChI=1S/C8H16N2OS/c1-6(11)7(2)12-5-8(4-9)10-3/h6-8,10-11H,5H2,1-3H3. The summed E-state index contributed by atoms with van der Waals surface area (Å²) in [5.41, 5.74) is 0. The summed E-state index contributed by atoms with van der Waals surface area (Å²) in [5.74, 6) is 0.721. The van der Waals surface area contributed by atoms with Crippen molar-refractivity contribution in [2.24, 2.45) is 0 Å². The number of aliphatic hydroxyl groups excluding tert-OH is 1. The third-order valence-corrected chi connectivity index (χ3v) is 3.15. The molecule has 0 bridgehead atoms. The van der Waals surface area contributed by atoms with Crippen molar-refractivity contribution < 1.29 is 5.11 Å². The van der Waals surface area contributed by atoms with E-state index in [0.29, 0.717) is 0 Å². The smallest absolute Gasteiger partial charge is 0.104 e. The summed E-state index contributed by atoms with van der Waals surface area (Å²) >= 11 is 1.61. The molecular weight excluding hydrogens is 172 g/mol. The number of nitrogens with zero attached hydrogens (tertiary/aromatic N) is 1. The predicted molar refractivity (Wildman–Crippen MR) is 52.1 cm³/mol. The maximum Gasteiger partial charge on any atom is 0.104 e. The first-order chi connectivity index (χ1) is 5.61. The minimum absolute atomic E-state index is 0.115. The quantitative estimate of drug-likeness (QED) is 0.663. The van der Waals surface area contributed by atoms with E-state index < -0.39 is 0 Å². The fourth-order valence-corrected chi connectivity index (χ4v) is 1.59. The summed E-state index contributed by atoms with van der Waals surface area (Å²) in [6.45, 7) is 3.72. The monoisotopic (exact) mass is 188 g/mol. The van der Waals surface area contributed by atoms with Crippen LogP contribution in [0.2, 0.25) is 0 Å². The summed E-state index contributed by atoms with van der Waals surface area (Å²) < 4.78 is 0. The molecule has 12 heavy (non-hydrogen) atoms. The van der Waals surface area contributed by atoms with E-state index in [2.05, 4.69) is 11.4 Å². The molecule has 0 aromatic heterocycles. The molecule has 0 fully saturated rings. The van der Waals surface area contributed by atoms with Gasteiger partial charge in [-0.1, -0.05) is 6.92 Å². The zero-order valence-electron chi connectivity index (χ0n) is 7.74. The van der Waals surface area contributed by atoms with E-state index in [9.17, 15) is 0 Å². The maximum absolute atomic E-state index is 9.16. The summed E-state index contributed by atoms with van der Waals surface area (Å²) in [5, 5.41) is 20.8. The van der Waals surface area contributed by atoms with E-state index in [4.69, 9.17) is 10.4 Å². The fourth-order valence-electron chi connectivity index (χ4n) is 0.572. The van der Waals surface area contributed by atoms with Crippen LogP contribution < -0.4 is 5.32 Å². The lowest BCUT2D eigenvalue weighted by molar-refractivity contribution is 0.196. The highest BCUT2D eigenvalue weighted by Gasteiger charge is 2.11. The van der Waals surface area contributed by atoms with Crippen LogP contribution in [-0.2, 0) is 0 Å². The molecule has 70 valence electrons. The Hall–Kier alpha value is -0.240. The molecule has 0 saturated heterocycles. The van der Waals surface area contributed by atoms with Crippen molar-refractivity contribution in [3.05, 3.63) is 0 Å². The van der Waals surface area contributed by atoms with Crippen LogP contribution in [0.4, 0.5) is 0 Å². The molecule has 0 rings (SSSR count). The van der Waals surface area contributed by atoms with Crippen molar-refractivity contribution in [2.75, 3.05) is 12.8 Å². The molecule has 2 N–H and O–H groups in total. The van der Waals surface area contributed by atoms with Crippen LogP contribution in [0.5, 0.6) is 0 Å². The number of nitrogens with one attached hydrogen (secondary N) is 1. The normalized spacial score (nSPS) is 17.9. The molecule has 3 nitrogen and oxygen atoms in total. The Kier molecular flexibility index (Phi) is 6.17. The summed E-state index contributed by atoms with van der Waals surface area (Å²) in [6.07, 6.45) is -0.314. The van der Waals surface area contributed by atoms with Crippen molar-refractivity contribution in [2.45, 2.75) is 31.2 Å². The molecule has 3 unspecified atom stereocenters. The summed E-state index contributed by atoms with van der Waals surface area (Å²) in [6, 6.07) is 2.02. The average Bonchev–Trinajstić information content (AvgIpc) is 2.05. The van der Waals surface area contributed by atoms with Crippen molar-refractivity contribution in [1.29, 1.82) is 5.26 Å². The average molecular weight is 188 g/mol. The molecule has 0 heterocycles. The van der Waals surface area contributed by atoms with Crippen molar-refractivity contribution >= 4 is 11.8 Å². The number of aliphatic hydroxyl groups is 1. The third-order valence-electron chi connectivity index (χ3n) is 1.71. The highest BCUT2D eigenvalue weighted by Crippen LogP contribution is 2.14. The second-order valence-corrected chi connectivity index (χ2v) is 4.16. The fraction of sp³-hybridized carbons (Fsp3) is 0.875. The predicted octanol–water partition coefficient (Wildman–Crippen LogP) is 0.600. The topological polar surface area (TPSA) is 56.0 Å². The summed E-state index contributed by atoms with van der Waals surface area (Å²) in [7, 11) is 1.77. The first kappa shape index (κ1) is 11.8. The maximum atomic E-state index is 9.16. The SMILES string of the molecule is CNC(C#N)CSC(C)C(C)O. The Balaban J connectivity index is 3.60. The van der Waals surface area contributed by atoms with Gasteiger partial charge < -0.3 is 10.4 Å². The second-order valence-electron chi connectivity index (χ2n) is 2.75. The van der Waals surface area contributed by atoms with Crippen LogP contribution in [0.3, 0.4) is 0 Å². The molecule has 0 aromatic rings. The Labute approximate surface area is 78.2 Å². The van der Waals surface area contributed by atoms with Crippen LogP contribution in [0.15, 0.2) is 0 Å². The largest absolute Gasteiger partial charge is 0.392 e. The van der Waals surface area contributed by atoms with Gasteiger partial charge in [0.05, 0.1) is 12.2 Å². The van der Waals surface area contributed by atoms with Gasteiger partial charge in [0.15, 0.2) is 0 Å². The van der Waals surface area contributed by atoms with Crippen molar-refractivity contribution in [3.8, 4) is 6.07 Å². The van der Waals surface area contributed by atoms with Gasteiger partial charge in [0, 0.05) is 11.0 Å². The zero-order chi connectivity index (χ0) is 9.56. The zero-order valence-corrected chi connectivity index (χ0v) is 8.56. The molecule has 0 aliphatic heterocycles. The minimum Gasteiger partial charge on any atom is -0.392 e. The van der Waals surface area contributed by atoms with E-state index in [1.165, 1.54) is 0 Å². The van der Waals surface area contributed by atoms with E-state index >= 15 is 0 Å².